The number of aliphatic hydroxyl groups excluding tert-OH is 17. The van der Waals surface area contributed by atoms with Crippen molar-refractivity contribution in [1.29, 1.82) is 0 Å². The number of rotatable bonds is 13. The van der Waals surface area contributed by atoms with Crippen LogP contribution in [0.15, 0.2) is 0 Å². The van der Waals surface area contributed by atoms with Gasteiger partial charge in [-0.3, -0.25) is 0 Å². The van der Waals surface area contributed by atoms with Crippen LogP contribution in [0, 0.1) is 0 Å². The topological polar surface area (TPSA) is 427 Å². The van der Waals surface area contributed by atoms with Gasteiger partial charge in [0.1, 0.15) is 122 Å². The van der Waals surface area contributed by atoms with Crippen LogP contribution >= 0.6 is 0 Å². The summed E-state index contributed by atoms with van der Waals surface area (Å²) in [5.74, 6) is 0. The molecule has 328 valence electrons. The van der Waals surface area contributed by atoms with E-state index in [9.17, 15) is 86.8 Å². The van der Waals surface area contributed by atoms with Gasteiger partial charge in [0.2, 0.25) is 0 Å². The first-order chi connectivity index (χ1) is 26.5. The lowest BCUT2D eigenvalue weighted by atomic mass is 9.95. The maximum Gasteiger partial charge on any atom is 0.187 e. The first kappa shape index (κ1) is 46.0. The first-order valence-electron chi connectivity index (χ1n) is 17.6. The quantitative estimate of drug-likeness (QED) is 0.0819. The second-order valence-corrected chi connectivity index (χ2v) is 13.9. The van der Waals surface area contributed by atoms with Crippen LogP contribution in [0.4, 0.5) is 0 Å². The summed E-state index contributed by atoms with van der Waals surface area (Å²) in [6, 6.07) is 0. The zero-order chi connectivity index (χ0) is 41.3. The van der Waals surface area contributed by atoms with Crippen LogP contribution in [0.2, 0.25) is 0 Å². The van der Waals surface area contributed by atoms with Crippen molar-refractivity contribution < 1.29 is 129 Å². The SMILES string of the molecule is OC[C@H]1O[C@H](O[C@H]2[C@@H](O[C@H]3[C@@H](O[C@@H]4[C@@H](O)[C@@H](O)O[C@H](CO)[C@H]4O)O[C@H](CO)[C@@H](O)[C@@H]3O[C@H]3O[C@H](CO)[C@@H](O)[C@H](O)[C@H]3O)O[C@H](CO)[C@H](O)[C@@H]2O)[C@H](O)[C@@H](O)[C@H]1O. The molecule has 0 spiro atoms. The Balaban J connectivity index is 1.54. The Hall–Kier alpha value is -1.04. The van der Waals surface area contributed by atoms with E-state index in [1.807, 2.05) is 0 Å². The lowest BCUT2D eigenvalue weighted by Crippen LogP contribution is -2.69. The highest BCUT2D eigenvalue weighted by Gasteiger charge is 2.58. The van der Waals surface area contributed by atoms with Gasteiger partial charge in [-0.1, -0.05) is 0 Å². The maximum absolute atomic E-state index is 11.4. The molecule has 25 atom stereocenters. The van der Waals surface area contributed by atoms with Crippen molar-refractivity contribution in [1.82, 2.24) is 0 Å². The highest BCUT2D eigenvalue weighted by atomic mass is 16.8. The molecule has 26 heteroatoms. The third kappa shape index (κ3) is 9.16. The number of hydrogen-bond acceptors (Lipinski definition) is 26. The van der Waals surface area contributed by atoms with E-state index in [-0.39, 0.29) is 0 Å². The molecule has 0 aromatic rings. The number of hydrogen-bond donors (Lipinski definition) is 17. The molecule has 5 rings (SSSR count). The smallest absolute Gasteiger partial charge is 0.187 e. The molecule has 0 aromatic carbocycles. The van der Waals surface area contributed by atoms with Crippen LogP contribution < -0.4 is 0 Å². The van der Waals surface area contributed by atoms with Gasteiger partial charge in [0.05, 0.1) is 33.0 Å². The van der Waals surface area contributed by atoms with Gasteiger partial charge in [-0.25, -0.2) is 0 Å². The van der Waals surface area contributed by atoms with Crippen LogP contribution in [0.5, 0.6) is 0 Å². The van der Waals surface area contributed by atoms with Crippen LogP contribution in [0.3, 0.4) is 0 Å². The Kier molecular flexibility index (Phi) is 16.1. The molecule has 5 saturated heterocycles. The fourth-order valence-corrected chi connectivity index (χ4v) is 6.97. The molecule has 5 fully saturated rings. The van der Waals surface area contributed by atoms with Gasteiger partial charge in [-0.05, 0) is 0 Å². The van der Waals surface area contributed by atoms with E-state index in [0.717, 1.165) is 0 Å². The third-order valence-electron chi connectivity index (χ3n) is 10.3. The predicted molar refractivity (Wildman–Crippen MR) is 167 cm³/mol. The third-order valence-corrected chi connectivity index (χ3v) is 10.3. The van der Waals surface area contributed by atoms with Crippen LogP contribution in [-0.2, 0) is 42.6 Å². The van der Waals surface area contributed by atoms with Crippen molar-refractivity contribution in [2.45, 2.75) is 154 Å². The minimum absolute atomic E-state index is 0.904. The normalized spacial score (nSPS) is 53.2. The Morgan fingerprint density at radius 1 is 0.268 bits per heavy atom. The molecule has 26 nitrogen and oxygen atoms in total. The monoisotopic (exact) mass is 828 g/mol. The summed E-state index contributed by atoms with van der Waals surface area (Å²) in [7, 11) is 0. The Morgan fingerprint density at radius 3 is 1.05 bits per heavy atom. The molecule has 5 heterocycles. The minimum Gasteiger partial charge on any atom is -0.394 e. The van der Waals surface area contributed by atoms with Gasteiger partial charge >= 0.3 is 0 Å². The van der Waals surface area contributed by atoms with E-state index in [1.54, 1.807) is 0 Å². The Morgan fingerprint density at radius 2 is 0.589 bits per heavy atom. The van der Waals surface area contributed by atoms with Crippen LogP contribution in [0.1, 0.15) is 0 Å². The maximum atomic E-state index is 11.4. The molecule has 0 unspecified atom stereocenters. The molecule has 56 heavy (non-hydrogen) atoms. The highest BCUT2D eigenvalue weighted by molar-refractivity contribution is 4.99. The second-order valence-electron chi connectivity index (χ2n) is 13.9. The molecule has 0 aromatic heterocycles. The van der Waals surface area contributed by atoms with Crippen molar-refractivity contribution in [3.05, 3.63) is 0 Å². The zero-order valence-electron chi connectivity index (χ0n) is 29.2. The molecule has 0 aliphatic carbocycles. The summed E-state index contributed by atoms with van der Waals surface area (Å²) in [6.07, 6.45) is -48.8. The Labute approximate surface area is 316 Å². The lowest BCUT2D eigenvalue weighted by Gasteiger charge is -2.51. The molecule has 0 radical (unpaired) electrons. The van der Waals surface area contributed by atoms with E-state index in [2.05, 4.69) is 0 Å². The van der Waals surface area contributed by atoms with Gasteiger partial charge in [-0.15, -0.1) is 0 Å². The van der Waals surface area contributed by atoms with E-state index in [4.69, 9.17) is 42.6 Å². The van der Waals surface area contributed by atoms with E-state index < -0.39 is 187 Å². The van der Waals surface area contributed by atoms with Crippen molar-refractivity contribution in [2.24, 2.45) is 0 Å². The van der Waals surface area contributed by atoms with Gasteiger partial charge in [0.25, 0.3) is 0 Å². The molecular formula is C30H52O26. The number of ether oxygens (including phenoxy) is 9. The molecule has 5 aliphatic rings. The van der Waals surface area contributed by atoms with Crippen molar-refractivity contribution >= 4 is 0 Å². The van der Waals surface area contributed by atoms with Crippen LogP contribution in [0.25, 0.3) is 0 Å². The lowest BCUT2D eigenvalue weighted by molar-refractivity contribution is -0.415. The van der Waals surface area contributed by atoms with E-state index >= 15 is 0 Å². The summed E-state index contributed by atoms with van der Waals surface area (Å²) in [5, 5.41) is 177. The summed E-state index contributed by atoms with van der Waals surface area (Å²) < 4.78 is 50.6. The minimum atomic E-state index is -2.14. The van der Waals surface area contributed by atoms with Crippen molar-refractivity contribution in [2.75, 3.05) is 33.0 Å². The largest absolute Gasteiger partial charge is 0.394 e. The summed E-state index contributed by atoms with van der Waals surface area (Å²) in [4.78, 5) is 0. The van der Waals surface area contributed by atoms with Gasteiger partial charge < -0.3 is 129 Å². The molecule has 0 saturated carbocycles. The molecule has 0 bridgehead atoms. The molecule has 17 N–H and O–H groups in total. The zero-order valence-corrected chi connectivity index (χ0v) is 29.2. The summed E-state index contributed by atoms with van der Waals surface area (Å²) in [6.45, 7) is -4.75. The molecular weight excluding hydrogens is 776 g/mol. The number of aliphatic hydroxyl groups is 17. The highest BCUT2D eigenvalue weighted by Crippen LogP contribution is 2.37. The van der Waals surface area contributed by atoms with Crippen LogP contribution in [-0.4, -0.2) is 273 Å². The molecule has 5 aliphatic heterocycles. The first-order valence-corrected chi connectivity index (χ1v) is 17.6. The van der Waals surface area contributed by atoms with Gasteiger partial charge in [0.15, 0.2) is 31.5 Å². The van der Waals surface area contributed by atoms with Crippen molar-refractivity contribution in [3.63, 3.8) is 0 Å². The Bertz CT molecular complexity index is 1200. The predicted octanol–water partition coefficient (Wildman–Crippen LogP) is -11.9. The second kappa shape index (κ2) is 19.6. The summed E-state index contributed by atoms with van der Waals surface area (Å²) in [5.41, 5.74) is 0. The summed E-state index contributed by atoms with van der Waals surface area (Å²) >= 11 is 0. The fourth-order valence-electron chi connectivity index (χ4n) is 6.97. The molecule has 0 amide bonds. The standard InChI is InChI=1S/C30H52O26/c31-1-6-11(36)16(41)19(44)27(49-6)54-23-15(40)10(5-35)52-30(53-22-14(39)9(4-34)48-26(47)21(22)46)25(23)56-29-24(18(43)13(38)8(3-33)51-29)55-28-20(45)17(42)12(37)7(2-32)50-28/h6-47H,1-5H2/t6-,7-,8-,9-,10-,11-,12+,13+,14-,15-,16+,17+,18+,19-,20-,21-,22+,23+,24-,25-,26+,27-,28-,29-,30-/m1/s1. The van der Waals surface area contributed by atoms with Gasteiger partial charge in [-0.2, -0.15) is 0 Å². The average Bonchev–Trinajstić information content (AvgIpc) is 3.19. The van der Waals surface area contributed by atoms with E-state index in [0.29, 0.717) is 0 Å². The fraction of sp³-hybridized carbons (Fsp3) is 1.00. The average molecular weight is 829 g/mol. The van der Waals surface area contributed by atoms with Gasteiger partial charge in [0, 0.05) is 0 Å². The van der Waals surface area contributed by atoms with Crippen molar-refractivity contribution in [3.8, 4) is 0 Å². The van der Waals surface area contributed by atoms with E-state index in [1.165, 1.54) is 0 Å².